The molecule has 0 aliphatic carbocycles. The molecule has 1 aromatic carbocycles. The largest absolute Gasteiger partial charge is 0.320 e. The van der Waals surface area contributed by atoms with Crippen molar-refractivity contribution in [3.05, 3.63) is 48.3 Å². The van der Waals surface area contributed by atoms with Crippen LogP contribution >= 0.6 is 0 Å². The lowest BCUT2D eigenvalue weighted by molar-refractivity contribution is 0.594. The summed E-state index contributed by atoms with van der Waals surface area (Å²) in [7, 11) is -3.92. The number of anilines is 1. The zero-order valence-electron chi connectivity index (χ0n) is 10.7. The number of nitrogens with one attached hydrogen (secondary N) is 1. The minimum atomic E-state index is -3.92. The van der Waals surface area contributed by atoms with Crippen LogP contribution in [0.2, 0.25) is 0 Å². The predicted octanol–water partition coefficient (Wildman–Crippen LogP) is 0.727. The van der Waals surface area contributed by atoms with Crippen LogP contribution in [0.4, 0.5) is 10.1 Å². The van der Waals surface area contributed by atoms with Crippen LogP contribution in [-0.2, 0) is 10.0 Å². The maximum Gasteiger partial charge on any atom is 0.262 e. The van der Waals surface area contributed by atoms with Crippen molar-refractivity contribution in [2.75, 3.05) is 11.3 Å². The van der Waals surface area contributed by atoms with Gasteiger partial charge in [0.2, 0.25) is 0 Å². The molecule has 0 spiro atoms. The average Bonchev–Trinajstić information content (AvgIpc) is 2.46. The van der Waals surface area contributed by atoms with Crippen molar-refractivity contribution in [1.82, 2.24) is 9.97 Å². The third-order valence-electron chi connectivity index (χ3n) is 2.39. The molecule has 6 nitrogen and oxygen atoms in total. The van der Waals surface area contributed by atoms with Crippen molar-refractivity contribution < 1.29 is 12.8 Å². The molecular weight excluding hydrogens is 295 g/mol. The van der Waals surface area contributed by atoms with E-state index in [1.807, 2.05) is 0 Å². The molecule has 108 valence electrons. The second-order valence-electron chi connectivity index (χ2n) is 3.88. The summed E-state index contributed by atoms with van der Waals surface area (Å²) in [4.78, 5) is 7.15. The molecule has 0 aliphatic rings. The van der Waals surface area contributed by atoms with E-state index in [0.29, 0.717) is 0 Å². The Labute approximate surface area is 121 Å². The smallest absolute Gasteiger partial charge is 0.262 e. The highest BCUT2D eigenvalue weighted by Crippen LogP contribution is 2.17. The van der Waals surface area contributed by atoms with Crippen molar-refractivity contribution in [2.24, 2.45) is 5.73 Å². The molecule has 2 rings (SSSR count). The second kappa shape index (κ2) is 6.30. The van der Waals surface area contributed by atoms with Crippen LogP contribution in [-0.4, -0.2) is 24.9 Å². The topological polar surface area (TPSA) is 98.0 Å². The van der Waals surface area contributed by atoms with Crippen molar-refractivity contribution in [1.29, 1.82) is 0 Å². The molecule has 3 N–H and O–H groups in total. The van der Waals surface area contributed by atoms with E-state index in [4.69, 9.17) is 5.73 Å². The first-order valence-electron chi connectivity index (χ1n) is 5.79. The maximum absolute atomic E-state index is 13.8. The third kappa shape index (κ3) is 3.75. The SMILES string of the molecule is NCC#Cc1ccc(S(=O)(=O)Nc2cncnc2)cc1F. The summed E-state index contributed by atoms with van der Waals surface area (Å²) in [5.74, 6) is 4.28. The molecular formula is C13H11FN4O2S. The number of nitrogens with two attached hydrogens (primary N) is 1. The Morgan fingerprint density at radius 3 is 2.62 bits per heavy atom. The molecule has 0 saturated carbocycles. The summed E-state index contributed by atoms with van der Waals surface area (Å²) in [6.07, 6.45) is 3.85. The predicted molar refractivity (Wildman–Crippen MR) is 75.2 cm³/mol. The molecule has 1 aromatic heterocycles. The zero-order chi connectivity index (χ0) is 15.3. The van der Waals surface area contributed by atoms with E-state index >= 15 is 0 Å². The first-order valence-corrected chi connectivity index (χ1v) is 7.27. The minimum Gasteiger partial charge on any atom is -0.320 e. The van der Waals surface area contributed by atoms with Gasteiger partial charge in [-0.3, -0.25) is 4.72 Å². The molecule has 0 fully saturated rings. The van der Waals surface area contributed by atoms with Gasteiger partial charge in [-0.25, -0.2) is 22.8 Å². The van der Waals surface area contributed by atoms with E-state index in [9.17, 15) is 12.8 Å². The Balaban J connectivity index is 2.31. The summed E-state index contributed by atoms with van der Waals surface area (Å²) in [6, 6.07) is 3.44. The van der Waals surface area contributed by atoms with Crippen LogP contribution in [0.1, 0.15) is 5.56 Å². The lowest BCUT2D eigenvalue weighted by Gasteiger charge is -2.07. The highest BCUT2D eigenvalue weighted by atomic mass is 32.2. The number of rotatable bonds is 3. The van der Waals surface area contributed by atoms with Crippen molar-refractivity contribution in [2.45, 2.75) is 4.90 Å². The third-order valence-corrected chi connectivity index (χ3v) is 3.77. The molecule has 0 saturated heterocycles. The van der Waals surface area contributed by atoms with Gasteiger partial charge < -0.3 is 5.73 Å². The van der Waals surface area contributed by atoms with Crippen LogP contribution in [0.5, 0.6) is 0 Å². The Morgan fingerprint density at radius 1 is 1.29 bits per heavy atom. The van der Waals surface area contributed by atoms with E-state index in [-0.39, 0.29) is 22.7 Å². The second-order valence-corrected chi connectivity index (χ2v) is 5.56. The molecule has 0 unspecified atom stereocenters. The molecule has 0 bridgehead atoms. The summed E-state index contributed by atoms with van der Waals surface area (Å²) in [5.41, 5.74) is 5.47. The van der Waals surface area contributed by atoms with E-state index in [1.54, 1.807) is 0 Å². The lowest BCUT2D eigenvalue weighted by Crippen LogP contribution is -2.13. The Bertz CT molecular complexity index is 798. The quantitative estimate of drug-likeness (QED) is 0.815. The molecule has 0 radical (unpaired) electrons. The summed E-state index contributed by atoms with van der Waals surface area (Å²) < 4.78 is 40.2. The number of sulfonamides is 1. The molecule has 0 amide bonds. The summed E-state index contributed by atoms with van der Waals surface area (Å²) >= 11 is 0. The van der Waals surface area contributed by atoms with Gasteiger partial charge in [-0.2, -0.15) is 0 Å². The Morgan fingerprint density at radius 2 is 2.00 bits per heavy atom. The van der Waals surface area contributed by atoms with Gasteiger partial charge in [-0.05, 0) is 18.2 Å². The number of nitrogens with zero attached hydrogens (tertiary/aromatic N) is 2. The lowest BCUT2D eigenvalue weighted by atomic mass is 10.2. The monoisotopic (exact) mass is 306 g/mol. The van der Waals surface area contributed by atoms with E-state index in [2.05, 4.69) is 26.5 Å². The van der Waals surface area contributed by atoms with Gasteiger partial charge in [0.15, 0.2) is 0 Å². The minimum absolute atomic E-state index is 0.0856. The average molecular weight is 306 g/mol. The number of aromatic nitrogens is 2. The van der Waals surface area contributed by atoms with Gasteiger partial charge in [0.05, 0.1) is 35.1 Å². The molecule has 21 heavy (non-hydrogen) atoms. The van der Waals surface area contributed by atoms with Crippen LogP contribution in [0.15, 0.2) is 41.8 Å². The van der Waals surface area contributed by atoms with Crippen molar-refractivity contribution >= 4 is 15.7 Å². The molecule has 0 aliphatic heterocycles. The fourth-order valence-electron chi connectivity index (χ4n) is 1.48. The van der Waals surface area contributed by atoms with Gasteiger partial charge in [-0.15, -0.1) is 0 Å². The first-order chi connectivity index (χ1) is 10.0. The van der Waals surface area contributed by atoms with E-state index in [0.717, 1.165) is 6.07 Å². The standard InChI is InChI=1S/C13H11FN4O2S/c14-13-6-12(4-3-10(13)2-1-5-15)21(19,20)18-11-7-16-9-17-8-11/h3-4,6-9,18H,5,15H2. The van der Waals surface area contributed by atoms with Crippen LogP contribution in [0.3, 0.4) is 0 Å². The molecule has 8 heteroatoms. The number of benzene rings is 1. The first kappa shape index (κ1) is 14.9. The fourth-order valence-corrected chi connectivity index (χ4v) is 2.52. The van der Waals surface area contributed by atoms with Crippen LogP contribution < -0.4 is 10.5 Å². The number of hydrogen-bond acceptors (Lipinski definition) is 5. The summed E-state index contributed by atoms with van der Waals surface area (Å²) in [6.45, 7) is 0.0923. The van der Waals surface area contributed by atoms with Gasteiger partial charge in [0.25, 0.3) is 10.0 Å². The summed E-state index contributed by atoms with van der Waals surface area (Å²) in [5, 5.41) is 0. The van der Waals surface area contributed by atoms with E-state index < -0.39 is 15.8 Å². The highest BCUT2D eigenvalue weighted by Gasteiger charge is 2.16. The van der Waals surface area contributed by atoms with Gasteiger partial charge in [-0.1, -0.05) is 11.8 Å². The van der Waals surface area contributed by atoms with Gasteiger partial charge in [0.1, 0.15) is 12.1 Å². The number of hydrogen-bond donors (Lipinski definition) is 2. The highest BCUT2D eigenvalue weighted by molar-refractivity contribution is 7.92. The van der Waals surface area contributed by atoms with Gasteiger partial charge in [0, 0.05) is 0 Å². The van der Waals surface area contributed by atoms with Gasteiger partial charge >= 0.3 is 0 Å². The van der Waals surface area contributed by atoms with Crippen molar-refractivity contribution in [3.63, 3.8) is 0 Å². The Kier molecular flexibility index (Phi) is 4.47. The maximum atomic E-state index is 13.8. The molecule has 0 atom stereocenters. The van der Waals surface area contributed by atoms with Crippen molar-refractivity contribution in [3.8, 4) is 11.8 Å². The molecule has 2 aromatic rings. The number of halogens is 1. The zero-order valence-corrected chi connectivity index (χ0v) is 11.6. The molecule has 1 heterocycles. The Hall–Kier alpha value is -2.50. The van der Waals surface area contributed by atoms with E-state index in [1.165, 1.54) is 30.9 Å². The van der Waals surface area contributed by atoms with Crippen LogP contribution in [0.25, 0.3) is 0 Å². The fraction of sp³-hybridized carbons (Fsp3) is 0.0769. The van der Waals surface area contributed by atoms with Crippen LogP contribution in [0, 0.1) is 17.7 Å². The normalized spacial score (nSPS) is 10.6.